The van der Waals surface area contributed by atoms with Crippen LogP contribution < -0.4 is 4.90 Å². The number of rotatable bonds is 5. The number of hydrogen-bond donors (Lipinski definition) is 1. The van der Waals surface area contributed by atoms with Gasteiger partial charge in [-0.3, -0.25) is 15.0 Å². The molecule has 130 valence electrons. The largest absolute Gasteiger partial charge is 0.478 e. The molecule has 0 atom stereocenters. The summed E-state index contributed by atoms with van der Waals surface area (Å²) in [4.78, 5) is 26.1. The van der Waals surface area contributed by atoms with Gasteiger partial charge in [0.15, 0.2) is 0 Å². The molecule has 0 aromatic heterocycles. The molecule has 1 fully saturated rings. The maximum atomic E-state index is 11.2. The normalized spacial score (nSPS) is 15.1. The number of carbonyl (C=O) groups is 1. The van der Waals surface area contributed by atoms with Crippen molar-refractivity contribution >= 4 is 17.3 Å². The monoisotopic (exact) mass is 341 g/mol. The number of hydrogen-bond acceptors (Lipinski definition) is 5. The second-order valence-electron chi connectivity index (χ2n) is 6.01. The topological polar surface area (TPSA) is 86.9 Å². The number of benzene rings is 2. The Bertz CT molecular complexity index is 785. The molecule has 7 nitrogen and oxygen atoms in total. The molecule has 2 aromatic carbocycles. The third-order valence-corrected chi connectivity index (χ3v) is 4.37. The number of piperazine rings is 1. The van der Waals surface area contributed by atoms with Crippen LogP contribution in [0.15, 0.2) is 48.5 Å². The van der Waals surface area contributed by atoms with Gasteiger partial charge >= 0.3 is 5.97 Å². The second kappa shape index (κ2) is 7.31. The summed E-state index contributed by atoms with van der Waals surface area (Å²) in [6, 6.07) is 13.7. The quantitative estimate of drug-likeness (QED) is 0.664. The number of anilines is 1. The first kappa shape index (κ1) is 16.9. The Morgan fingerprint density at radius 1 is 1.08 bits per heavy atom. The average molecular weight is 341 g/mol. The van der Waals surface area contributed by atoms with Crippen LogP contribution in [0.1, 0.15) is 15.9 Å². The van der Waals surface area contributed by atoms with Crippen LogP contribution >= 0.6 is 0 Å². The lowest BCUT2D eigenvalue weighted by atomic mass is 10.1. The van der Waals surface area contributed by atoms with Gasteiger partial charge in [-0.2, -0.15) is 0 Å². The fraction of sp³-hybridized carbons (Fsp3) is 0.278. The van der Waals surface area contributed by atoms with E-state index < -0.39 is 5.97 Å². The number of para-hydroxylation sites is 2. The first-order valence-electron chi connectivity index (χ1n) is 8.07. The fourth-order valence-electron chi connectivity index (χ4n) is 3.09. The lowest BCUT2D eigenvalue weighted by Crippen LogP contribution is -2.46. The summed E-state index contributed by atoms with van der Waals surface area (Å²) < 4.78 is 0. The number of nitrogens with zero attached hydrogens (tertiary/aromatic N) is 3. The van der Waals surface area contributed by atoms with E-state index in [-0.39, 0.29) is 16.2 Å². The van der Waals surface area contributed by atoms with Crippen molar-refractivity contribution in [2.75, 3.05) is 31.1 Å². The molecule has 0 aliphatic carbocycles. The van der Waals surface area contributed by atoms with Gasteiger partial charge < -0.3 is 10.0 Å². The third-order valence-electron chi connectivity index (χ3n) is 4.37. The van der Waals surface area contributed by atoms with E-state index in [1.54, 1.807) is 30.3 Å². The summed E-state index contributed by atoms with van der Waals surface area (Å²) in [7, 11) is 0. The van der Waals surface area contributed by atoms with Crippen molar-refractivity contribution in [1.29, 1.82) is 0 Å². The van der Waals surface area contributed by atoms with E-state index in [9.17, 15) is 14.9 Å². The van der Waals surface area contributed by atoms with Crippen LogP contribution in [0.4, 0.5) is 11.4 Å². The maximum Gasteiger partial charge on any atom is 0.335 e. The Hall–Kier alpha value is -2.93. The van der Waals surface area contributed by atoms with E-state index in [0.29, 0.717) is 25.3 Å². The van der Waals surface area contributed by atoms with Crippen LogP contribution in [0, 0.1) is 10.1 Å². The summed E-state index contributed by atoms with van der Waals surface area (Å²) in [5, 5.41) is 20.2. The van der Waals surface area contributed by atoms with Gasteiger partial charge in [0, 0.05) is 38.8 Å². The number of carboxylic acid groups (broad SMARTS) is 1. The van der Waals surface area contributed by atoms with Crippen molar-refractivity contribution in [3.63, 3.8) is 0 Å². The minimum Gasteiger partial charge on any atom is -0.478 e. The van der Waals surface area contributed by atoms with Crippen molar-refractivity contribution in [1.82, 2.24) is 4.90 Å². The zero-order valence-electron chi connectivity index (χ0n) is 13.7. The van der Waals surface area contributed by atoms with Gasteiger partial charge in [0.05, 0.1) is 10.5 Å². The molecule has 0 radical (unpaired) electrons. The van der Waals surface area contributed by atoms with Gasteiger partial charge in [-0.25, -0.2) is 4.79 Å². The van der Waals surface area contributed by atoms with E-state index in [2.05, 4.69) is 4.90 Å². The Morgan fingerprint density at radius 3 is 2.48 bits per heavy atom. The summed E-state index contributed by atoms with van der Waals surface area (Å²) in [6.07, 6.45) is 0. The minimum absolute atomic E-state index is 0.130. The Kier molecular flexibility index (Phi) is 4.95. The molecule has 1 aliphatic rings. The van der Waals surface area contributed by atoms with Gasteiger partial charge in [-0.15, -0.1) is 0 Å². The van der Waals surface area contributed by atoms with Crippen molar-refractivity contribution < 1.29 is 14.8 Å². The summed E-state index contributed by atoms with van der Waals surface area (Å²) in [5.74, 6) is -0.928. The van der Waals surface area contributed by atoms with Gasteiger partial charge in [0.25, 0.3) is 5.69 Å². The molecule has 0 amide bonds. The van der Waals surface area contributed by atoms with Gasteiger partial charge in [0.1, 0.15) is 5.69 Å². The van der Waals surface area contributed by atoms with Crippen LogP contribution in [0.2, 0.25) is 0 Å². The van der Waals surface area contributed by atoms with Gasteiger partial charge in [0.2, 0.25) is 0 Å². The molecule has 1 aliphatic heterocycles. The molecule has 3 rings (SSSR count). The highest BCUT2D eigenvalue weighted by Crippen LogP contribution is 2.28. The summed E-state index contributed by atoms with van der Waals surface area (Å²) >= 11 is 0. The third kappa shape index (κ3) is 3.95. The number of aromatic carboxylic acids is 1. The van der Waals surface area contributed by atoms with E-state index in [4.69, 9.17) is 5.11 Å². The van der Waals surface area contributed by atoms with Crippen molar-refractivity contribution in [3.05, 3.63) is 69.8 Å². The van der Waals surface area contributed by atoms with Crippen molar-refractivity contribution in [3.8, 4) is 0 Å². The van der Waals surface area contributed by atoms with E-state index in [1.807, 2.05) is 17.0 Å². The molecule has 1 N–H and O–H groups in total. The smallest absolute Gasteiger partial charge is 0.335 e. The van der Waals surface area contributed by atoms with Gasteiger partial charge in [-0.1, -0.05) is 24.3 Å². The maximum absolute atomic E-state index is 11.2. The molecule has 1 heterocycles. The van der Waals surface area contributed by atoms with Crippen LogP contribution in [0.25, 0.3) is 0 Å². The lowest BCUT2D eigenvalue weighted by Gasteiger charge is -2.35. The summed E-state index contributed by atoms with van der Waals surface area (Å²) in [5.41, 5.74) is 2.03. The van der Waals surface area contributed by atoms with Gasteiger partial charge in [-0.05, 0) is 23.8 Å². The van der Waals surface area contributed by atoms with Crippen LogP contribution in [0.5, 0.6) is 0 Å². The molecular weight excluding hydrogens is 322 g/mol. The first-order valence-corrected chi connectivity index (χ1v) is 8.07. The molecule has 1 saturated heterocycles. The second-order valence-corrected chi connectivity index (χ2v) is 6.01. The first-order chi connectivity index (χ1) is 12.0. The van der Waals surface area contributed by atoms with E-state index in [1.165, 1.54) is 6.07 Å². The molecule has 0 unspecified atom stereocenters. The molecule has 7 heteroatoms. The highest BCUT2D eigenvalue weighted by molar-refractivity contribution is 5.87. The fourth-order valence-corrected chi connectivity index (χ4v) is 3.09. The van der Waals surface area contributed by atoms with Crippen molar-refractivity contribution in [2.45, 2.75) is 6.54 Å². The molecular formula is C18H19N3O4. The minimum atomic E-state index is -0.928. The van der Waals surface area contributed by atoms with E-state index >= 15 is 0 Å². The van der Waals surface area contributed by atoms with Crippen LogP contribution in [-0.2, 0) is 6.54 Å². The summed E-state index contributed by atoms with van der Waals surface area (Å²) in [6.45, 7) is 3.60. The number of carboxylic acids is 1. The molecule has 0 spiro atoms. The molecule has 0 saturated carbocycles. The molecule has 2 aromatic rings. The predicted molar refractivity (Wildman–Crippen MR) is 94.0 cm³/mol. The molecule has 0 bridgehead atoms. The highest BCUT2D eigenvalue weighted by atomic mass is 16.6. The Morgan fingerprint density at radius 2 is 1.80 bits per heavy atom. The highest BCUT2D eigenvalue weighted by Gasteiger charge is 2.23. The molecule has 25 heavy (non-hydrogen) atoms. The number of nitro groups is 1. The SMILES string of the molecule is O=C(O)c1cccc(CN2CCN(c3ccccc3[N+](=O)[O-])CC2)c1. The van der Waals surface area contributed by atoms with Crippen molar-refractivity contribution in [2.24, 2.45) is 0 Å². The zero-order chi connectivity index (χ0) is 17.8. The van der Waals surface area contributed by atoms with E-state index in [0.717, 1.165) is 18.7 Å². The standard InChI is InChI=1S/C18H19N3O4/c22-18(23)15-5-3-4-14(12-15)13-19-8-10-20(11-9-19)16-6-1-2-7-17(16)21(24)25/h1-7,12H,8-11,13H2,(H,22,23). The average Bonchev–Trinajstić information content (AvgIpc) is 2.62. The number of nitro benzene ring substituents is 1. The van der Waals surface area contributed by atoms with Crippen LogP contribution in [-0.4, -0.2) is 47.1 Å². The zero-order valence-corrected chi connectivity index (χ0v) is 13.7. The van der Waals surface area contributed by atoms with Crippen LogP contribution in [0.3, 0.4) is 0 Å². The predicted octanol–water partition coefficient (Wildman–Crippen LogP) is 2.62. The lowest BCUT2D eigenvalue weighted by molar-refractivity contribution is -0.384. The Labute approximate surface area is 145 Å². The Balaban J connectivity index is 1.64.